The first-order valence-corrected chi connectivity index (χ1v) is 6.30. The van der Waals surface area contributed by atoms with Crippen molar-refractivity contribution in [2.75, 3.05) is 11.4 Å². The third-order valence-corrected chi connectivity index (χ3v) is 3.16. The molecule has 0 bridgehead atoms. The average Bonchev–Trinajstić information content (AvgIpc) is 2.46. The molecule has 0 aliphatic heterocycles. The molecule has 1 unspecified atom stereocenters. The Morgan fingerprint density at radius 3 is 2.11 bits per heavy atom. The van der Waals surface area contributed by atoms with Gasteiger partial charge >= 0.3 is 0 Å². The van der Waals surface area contributed by atoms with Crippen LogP contribution in [0.15, 0.2) is 73.3 Å². The van der Waals surface area contributed by atoms with Crippen LogP contribution in [-0.4, -0.2) is 6.54 Å². The lowest BCUT2D eigenvalue weighted by atomic mass is 10.1. The third kappa shape index (κ3) is 2.80. The van der Waals surface area contributed by atoms with E-state index in [4.69, 9.17) is 0 Å². The molecular weight excluding hydrogens is 218 g/mol. The second-order valence-corrected chi connectivity index (χ2v) is 4.36. The first-order valence-electron chi connectivity index (χ1n) is 6.30. The molecule has 2 aromatic rings. The van der Waals surface area contributed by atoms with E-state index in [0.717, 1.165) is 6.54 Å². The molecule has 2 rings (SSSR count). The standard InChI is InChI=1S/C17H19N/c1-3-14-18(17-12-8-5-9-13-17)15(2)16-10-6-4-7-11-16/h3-13,15H,1,14H2,2H3. The predicted octanol–water partition coefficient (Wildman–Crippen LogP) is 4.44. The first kappa shape index (κ1) is 12.4. The van der Waals surface area contributed by atoms with Gasteiger partial charge in [0.2, 0.25) is 0 Å². The maximum absolute atomic E-state index is 3.86. The van der Waals surface area contributed by atoms with Gasteiger partial charge in [-0.3, -0.25) is 0 Å². The number of nitrogens with zero attached hydrogens (tertiary/aromatic N) is 1. The summed E-state index contributed by atoms with van der Waals surface area (Å²) in [7, 11) is 0. The SMILES string of the molecule is C=CCN(c1ccccc1)C(C)c1ccccc1. The van der Waals surface area contributed by atoms with Crippen molar-refractivity contribution in [3.8, 4) is 0 Å². The number of hydrogen-bond donors (Lipinski definition) is 0. The van der Waals surface area contributed by atoms with E-state index in [-0.39, 0.29) is 0 Å². The van der Waals surface area contributed by atoms with Crippen LogP contribution < -0.4 is 4.90 Å². The van der Waals surface area contributed by atoms with E-state index in [2.05, 4.69) is 73.0 Å². The first-order chi connectivity index (χ1) is 8.83. The molecule has 0 aliphatic rings. The van der Waals surface area contributed by atoms with E-state index in [9.17, 15) is 0 Å². The lowest BCUT2D eigenvalue weighted by Crippen LogP contribution is -2.26. The van der Waals surface area contributed by atoms with Crippen molar-refractivity contribution in [1.29, 1.82) is 0 Å². The third-order valence-electron chi connectivity index (χ3n) is 3.16. The molecule has 0 radical (unpaired) electrons. The number of anilines is 1. The maximum Gasteiger partial charge on any atom is 0.0517 e. The van der Waals surface area contributed by atoms with Gasteiger partial charge in [0.15, 0.2) is 0 Å². The second kappa shape index (κ2) is 6.06. The molecular formula is C17H19N. The molecule has 0 fully saturated rings. The molecule has 0 amide bonds. The summed E-state index contributed by atoms with van der Waals surface area (Å²) in [5.41, 5.74) is 2.55. The lowest BCUT2D eigenvalue weighted by molar-refractivity contribution is 0.709. The molecule has 1 nitrogen and oxygen atoms in total. The Morgan fingerprint density at radius 1 is 1.00 bits per heavy atom. The highest BCUT2D eigenvalue weighted by Gasteiger charge is 2.14. The molecule has 0 N–H and O–H groups in total. The summed E-state index contributed by atoms with van der Waals surface area (Å²) in [6.45, 7) is 6.94. The molecule has 2 aromatic carbocycles. The summed E-state index contributed by atoms with van der Waals surface area (Å²) in [6.07, 6.45) is 1.95. The Labute approximate surface area is 109 Å². The summed E-state index contributed by atoms with van der Waals surface area (Å²) in [4.78, 5) is 2.35. The van der Waals surface area contributed by atoms with Gasteiger partial charge in [0.05, 0.1) is 6.04 Å². The normalized spacial score (nSPS) is 11.8. The lowest BCUT2D eigenvalue weighted by Gasteiger charge is -2.30. The van der Waals surface area contributed by atoms with Gasteiger partial charge in [0, 0.05) is 12.2 Å². The molecule has 0 saturated heterocycles. The van der Waals surface area contributed by atoms with Crippen LogP contribution in [0.3, 0.4) is 0 Å². The summed E-state index contributed by atoms with van der Waals surface area (Å²) >= 11 is 0. The second-order valence-electron chi connectivity index (χ2n) is 4.36. The van der Waals surface area contributed by atoms with Gasteiger partial charge in [0.25, 0.3) is 0 Å². The van der Waals surface area contributed by atoms with Crippen LogP contribution in [-0.2, 0) is 0 Å². The van der Waals surface area contributed by atoms with Crippen molar-refractivity contribution in [2.24, 2.45) is 0 Å². The van der Waals surface area contributed by atoms with Crippen molar-refractivity contribution in [1.82, 2.24) is 0 Å². The minimum atomic E-state index is 0.339. The van der Waals surface area contributed by atoms with Crippen molar-refractivity contribution in [3.63, 3.8) is 0 Å². The highest BCUT2D eigenvalue weighted by atomic mass is 15.2. The largest absolute Gasteiger partial charge is 0.361 e. The molecule has 0 saturated carbocycles. The molecule has 18 heavy (non-hydrogen) atoms. The predicted molar refractivity (Wildman–Crippen MR) is 78.8 cm³/mol. The van der Waals surface area contributed by atoms with E-state index in [1.165, 1.54) is 11.3 Å². The Kier molecular flexibility index (Phi) is 4.19. The number of benzene rings is 2. The van der Waals surface area contributed by atoms with Gasteiger partial charge in [0.1, 0.15) is 0 Å². The Hall–Kier alpha value is -2.02. The number of rotatable bonds is 5. The average molecular weight is 237 g/mol. The Balaban J connectivity index is 2.28. The Morgan fingerprint density at radius 2 is 1.56 bits per heavy atom. The topological polar surface area (TPSA) is 3.24 Å². The maximum atomic E-state index is 3.86. The number of para-hydroxylation sites is 1. The molecule has 0 aliphatic carbocycles. The molecule has 0 heterocycles. The number of hydrogen-bond acceptors (Lipinski definition) is 1. The van der Waals surface area contributed by atoms with Crippen LogP contribution in [0.2, 0.25) is 0 Å². The molecule has 1 atom stereocenters. The summed E-state index contributed by atoms with van der Waals surface area (Å²) in [6, 6.07) is 21.4. The van der Waals surface area contributed by atoms with Crippen molar-refractivity contribution < 1.29 is 0 Å². The van der Waals surface area contributed by atoms with Gasteiger partial charge in [-0.1, -0.05) is 54.6 Å². The van der Waals surface area contributed by atoms with Gasteiger partial charge in [-0.05, 0) is 24.6 Å². The van der Waals surface area contributed by atoms with Crippen LogP contribution in [0.5, 0.6) is 0 Å². The zero-order valence-corrected chi connectivity index (χ0v) is 10.8. The van der Waals surface area contributed by atoms with Crippen LogP contribution in [0.4, 0.5) is 5.69 Å². The minimum absolute atomic E-state index is 0.339. The van der Waals surface area contributed by atoms with E-state index >= 15 is 0 Å². The monoisotopic (exact) mass is 237 g/mol. The summed E-state index contributed by atoms with van der Waals surface area (Å²) in [5.74, 6) is 0. The van der Waals surface area contributed by atoms with E-state index < -0.39 is 0 Å². The van der Waals surface area contributed by atoms with Gasteiger partial charge in [-0.25, -0.2) is 0 Å². The van der Waals surface area contributed by atoms with Crippen LogP contribution >= 0.6 is 0 Å². The van der Waals surface area contributed by atoms with Crippen LogP contribution in [0, 0.1) is 0 Å². The Bertz CT molecular complexity index is 475. The fraction of sp³-hybridized carbons (Fsp3) is 0.176. The molecule has 92 valence electrons. The van der Waals surface area contributed by atoms with E-state index in [0.29, 0.717) is 6.04 Å². The van der Waals surface area contributed by atoms with Gasteiger partial charge in [-0.15, -0.1) is 6.58 Å². The highest BCUT2D eigenvalue weighted by molar-refractivity contribution is 5.49. The molecule has 0 aromatic heterocycles. The highest BCUT2D eigenvalue weighted by Crippen LogP contribution is 2.26. The van der Waals surface area contributed by atoms with Crippen LogP contribution in [0.1, 0.15) is 18.5 Å². The zero-order chi connectivity index (χ0) is 12.8. The fourth-order valence-corrected chi connectivity index (χ4v) is 2.16. The smallest absolute Gasteiger partial charge is 0.0517 e. The van der Waals surface area contributed by atoms with Crippen molar-refractivity contribution in [3.05, 3.63) is 78.9 Å². The summed E-state index contributed by atoms with van der Waals surface area (Å²) in [5, 5.41) is 0. The van der Waals surface area contributed by atoms with Gasteiger partial charge < -0.3 is 4.90 Å². The summed E-state index contributed by atoms with van der Waals surface area (Å²) < 4.78 is 0. The van der Waals surface area contributed by atoms with E-state index in [1.807, 2.05) is 12.1 Å². The quantitative estimate of drug-likeness (QED) is 0.695. The van der Waals surface area contributed by atoms with E-state index in [1.54, 1.807) is 0 Å². The molecule has 0 spiro atoms. The fourth-order valence-electron chi connectivity index (χ4n) is 2.16. The van der Waals surface area contributed by atoms with Crippen molar-refractivity contribution >= 4 is 5.69 Å². The van der Waals surface area contributed by atoms with Gasteiger partial charge in [-0.2, -0.15) is 0 Å². The molecule has 1 heteroatoms. The van der Waals surface area contributed by atoms with Crippen LogP contribution in [0.25, 0.3) is 0 Å². The minimum Gasteiger partial charge on any atom is -0.361 e. The zero-order valence-electron chi connectivity index (χ0n) is 10.8. The van der Waals surface area contributed by atoms with Crippen molar-refractivity contribution in [2.45, 2.75) is 13.0 Å².